The first-order valence-corrected chi connectivity index (χ1v) is 6.15. The molecular weight excluding hydrogens is 174 g/mol. The largest absolute Gasteiger partial charge is 0.378 e. The molecule has 82 valence electrons. The molecule has 0 radical (unpaired) electrons. The van der Waals surface area contributed by atoms with Crippen LogP contribution >= 0.6 is 0 Å². The summed E-state index contributed by atoms with van der Waals surface area (Å²) in [6.07, 6.45) is 9.70. The summed E-state index contributed by atoms with van der Waals surface area (Å²) in [6, 6.07) is 0. The highest BCUT2D eigenvalue weighted by Gasteiger charge is 2.30. The van der Waals surface area contributed by atoms with Gasteiger partial charge in [-0.1, -0.05) is 6.42 Å². The molecule has 2 aliphatic rings. The van der Waals surface area contributed by atoms with Gasteiger partial charge in [0, 0.05) is 12.1 Å². The molecule has 14 heavy (non-hydrogen) atoms. The molecule has 2 fully saturated rings. The van der Waals surface area contributed by atoms with E-state index in [-0.39, 0.29) is 0 Å². The first-order valence-electron chi connectivity index (χ1n) is 6.15. The molecular formula is C12H23NO. The van der Waals surface area contributed by atoms with Gasteiger partial charge in [0.05, 0.1) is 6.10 Å². The summed E-state index contributed by atoms with van der Waals surface area (Å²) < 4.78 is 5.81. The average Bonchev–Trinajstić information content (AvgIpc) is 2.19. The van der Waals surface area contributed by atoms with Gasteiger partial charge < -0.3 is 10.1 Å². The van der Waals surface area contributed by atoms with Crippen LogP contribution in [0.25, 0.3) is 0 Å². The molecule has 2 saturated heterocycles. The Kier molecular flexibility index (Phi) is 3.45. The number of ether oxygens (including phenoxy) is 1. The van der Waals surface area contributed by atoms with Crippen molar-refractivity contribution in [3.63, 3.8) is 0 Å². The molecule has 0 amide bonds. The summed E-state index contributed by atoms with van der Waals surface area (Å²) in [5, 5.41) is 3.66. The van der Waals surface area contributed by atoms with Gasteiger partial charge in [0.2, 0.25) is 0 Å². The molecule has 2 heteroatoms. The minimum atomic E-state index is 0.361. The van der Waals surface area contributed by atoms with E-state index in [1.807, 2.05) is 0 Å². The van der Waals surface area contributed by atoms with Crippen LogP contribution in [0.15, 0.2) is 0 Å². The molecule has 2 unspecified atom stereocenters. The Hall–Kier alpha value is -0.0800. The second kappa shape index (κ2) is 4.63. The lowest BCUT2D eigenvalue weighted by Gasteiger charge is -2.38. The average molecular weight is 197 g/mol. The molecule has 0 spiro atoms. The molecule has 0 aromatic carbocycles. The molecule has 1 N–H and O–H groups in total. The normalized spacial score (nSPS) is 39.6. The van der Waals surface area contributed by atoms with E-state index < -0.39 is 0 Å². The summed E-state index contributed by atoms with van der Waals surface area (Å²) in [5.74, 6) is 0. The molecule has 0 aromatic heterocycles. The predicted molar refractivity (Wildman–Crippen MR) is 58.5 cm³/mol. The topological polar surface area (TPSA) is 21.3 Å². The fourth-order valence-electron chi connectivity index (χ4n) is 2.76. The van der Waals surface area contributed by atoms with E-state index in [0.717, 1.165) is 6.61 Å². The summed E-state index contributed by atoms with van der Waals surface area (Å²) >= 11 is 0. The SMILES string of the molecule is CC1(CC2CCCCO2)CCCCN1. The molecule has 0 bridgehead atoms. The third-order valence-electron chi connectivity index (χ3n) is 3.66. The van der Waals surface area contributed by atoms with E-state index in [1.54, 1.807) is 0 Å². The lowest BCUT2D eigenvalue weighted by atomic mass is 9.84. The quantitative estimate of drug-likeness (QED) is 0.734. The van der Waals surface area contributed by atoms with Gasteiger partial charge in [-0.15, -0.1) is 0 Å². The van der Waals surface area contributed by atoms with Crippen LogP contribution in [0.1, 0.15) is 51.9 Å². The molecule has 0 aromatic rings. The number of rotatable bonds is 2. The van der Waals surface area contributed by atoms with Crippen molar-refractivity contribution in [1.29, 1.82) is 0 Å². The van der Waals surface area contributed by atoms with Crippen LogP contribution in [0.5, 0.6) is 0 Å². The number of piperidine rings is 1. The number of hydrogen-bond donors (Lipinski definition) is 1. The van der Waals surface area contributed by atoms with Crippen LogP contribution in [-0.2, 0) is 4.74 Å². The van der Waals surface area contributed by atoms with Crippen molar-refractivity contribution >= 4 is 0 Å². The molecule has 2 aliphatic heterocycles. The maximum Gasteiger partial charge on any atom is 0.0592 e. The van der Waals surface area contributed by atoms with Crippen molar-refractivity contribution in [3.05, 3.63) is 0 Å². The smallest absolute Gasteiger partial charge is 0.0592 e. The van der Waals surface area contributed by atoms with Crippen LogP contribution < -0.4 is 5.32 Å². The van der Waals surface area contributed by atoms with Gasteiger partial charge in [0.15, 0.2) is 0 Å². The summed E-state index contributed by atoms with van der Waals surface area (Å²) in [7, 11) is 0. The highest BCUT2D eigenvalue weighted by molar-refractivity contribution is 4.89. The maximum atomic E-state index is 5.81. The first-order chi connectivity index (χ1) is 6.79. The van der Waals surface area contributed by atoms with Gasteiger partial charge in [-0.05, 0) is 52.0 Å². The zero-order valence-electron chi connectivity index (χ0n) is 9.35. The van der Waals surface area contributed by atoms with Crippen LogP contribution in [0.4, 0.5) is 0 Å². The van der Waals surface area contributed by atoms with E-state index in [4.69, 9.17) is 4.74 Å². The zero-order chi connectivity index (χ0) is 9.86. The van der Waals surface area contributed by atoms with Crippen LogP contribution in [-0.4, -0.2) is 24.8 Å². The van der Waals surface area contributed by atoms with E-state index in [2.05, 4.69) is 12.2 Å². The maximum absolute atomic E-state index is 5.81. The highest BCUT2D eigenvalue weighted by atomic mass is 16.5. The van der Waals surface area contributed by atoms with Gasteiger partial charge in [-0.25, -0.2) is 0 Å². The Morgan fingerprint density at radius 1 is 1.29 bits per heavy atom. The fourth-order valence-corrected chi connectivity index (χ4v) is 2.76. The Labute approximate surface area is 87.4 Å². The Morgan fingerprint density at radius 3 is 2.86 bits per heavy atom. The second-order valence-corrected chi connectivity index (χ2v) is 5.14. The number of nitrogens with one attached hydrogen (secondary N) is 1. The fraction of sp³-hybridized carbons (Fsp3) is 1.00. The Balaban J connectivity index is 1.81. The van der Waals surface area contributed by atoms with Crippen LogP contribution in [0.3, 0.4) is 0 Å². The third-order valence-corrected chi connectivity index (χ3v) is 3.66. The highest BCUT2D eigenvalue weighted by Crippen LogP contribution is 2.28. The van der Waals surface area contributed by atoms with E-state index in [1.165, 1.54) is 51.5 Å². The first kappa shape index (κ1) is 10.4. The number of hydrogen-bond acceptors (Lipinski definition) is 2. The van der Waals surface area contributed by atoms with E-state index >= 15 is 0 Å². The van der Waals surface area contributed by atoms with E-state index in [0.29, 0.717) is 11.6 Å². The lowest BCUT2D eigenvalue weighted by Crippen LogP contribution is -2.48. The molecule has 0 saturated carbocycles. The van der Waals surface area contributed by atoms with Crippen LogP contribution in [0, 0.1) is 0 Å². The summed E-state index contributed by atoms with van der Waals surface area (Å²) in [6.45, 7) is 4.55. The van der Waals surface area contributed by atoms with Gasteiger partial charge >= 0.3 is 0 Å². The van der Waals surface area contributed by atoms with Crippen molar-refractivity contribution < 1.29 is 4.74 Å². The monoisotopic (exact) mass is 197 g/mol. The Bertz CT molecular complexity index is 169. The van der Waals surface area contributed by atoms with E-state index in [9.17, 15) is 0 Å². The van der Waals surface area contributed by atoms with Crippen molar-refractivity contribution in [3.8, 4) is 0 Å². The predicted octanol–water partition coefficient (Wildman–Crippen LogP) is 2.48. The van der Waals surface area contributed by atoms with Crippen LogP contribution in [0.2, 0.25) is 0 Å². The van der Waals surface area contributed by atoms with Gasteiger partial charge in [0.1, 0.15) is 0 Å². The van der Waals surface area contributed by atoms with Gasteiger partial charge in [-0.3, -0.25) is 0 Å². The third kappa shape index (κ3) is 2.71. The molecule has 2 rings (SSSR count). The summed E-state index contributed by atoms with van der Waals surface area (Å²) in [5.41, 5.74) is 0.361. The molecule has 2 atom stereocenters. The minimum absolute atomic E-state index is 0.361. The zero-order valence-corrected chi connectivity index (χ0v) is 9.35. The van der Waals surface area contributed by atoms with Crippen molar-refractivity contribution in [2.75, 3.05) is 13.2 Å². The molecule has 0 aliphatic carbocycles. The van der Waals surface area contributed by atoms with Crippen molar-refractivity contribution in [1.82, 2.24) is 5.32 Å². The van der Waals surface area contributed by atoms with Crippen molar-refractivity contribution in [2.45, 2.75) is 63.5 Å². The molecule has 2 heterocycles. The Morgan fingerprint density at radius 2 is 2.21 bits per heavy atom. The molecule has 2 nitrogen and oxygen atoms in total. The lowest BCUT2D eigenvalue weighted by molar-refractivity contribution is -0.00788. The van der Waals surface area contributed by atoms with Gasteiger partial charge in [0.25, 0.3) is 0 Å². The minimum Gasteiger partial charge on any atom is -0.378 e. The standard InChI is InChI=1S/C12H23NO/c1-12(7-3-4-8-13-12)10-11-6-2-5-9-14-11/h11,13H,2-10H2,1H3. The summed E-state index contributed by atoms with van der Waals surface area (Å²) in [4.78, 5) is 0. The van der Waals surface area contributed by atoms with Gasteiger partial charge in [-0.2, -0.15) is 0 Å². The second-order valence-electron chi connectivity index (χ2n) is 5.14. The van der Waals surface area contributed by atoms with Crippen molar-refractivity contribution in [2.24, 2.45) is 0 Å².